The van der Waals surface area contributed by atoms with Gasteiger partial charge in [0.1, 0.15) is 5.52 Å². The number of morpholine rings is 1. The van der Waals surface area contributed by atoms with Crippen LogP contribution in [-0.4, -0.2) is 42.1 Å². The number of hydrogen-bond donors (Lipinski definition) is 1. The van der Waals surface area contributed by atoms with Crippen LogP contribution in [0.1, 0.15) is 10.4 Å². The number of ether oxygens (including phenoxy) is 1. The molecule has 1 aromatic heterocycles. The van der Waals surface area contributed by atoms with E-state index >= 15 is 0 Å². The summed E-state index contributed by atoms with van der Waals surface area (Å²) in [7, 11) is 0. The zero-order valence-corrected chi connectivity index (χ0v) is 14.3. The second-order valence-electron chi connectivity index (χ2n) is 6.04. The van der Waals surface area contributed by atoms with Gasteiger partial charge < -0.3 is 19.4 Å². The van der Waals surface area contributed by atoms with E-state index in [2.05, 4.69) is 10.3 Å². The van der Waals surface area contributed by atoms with Crippen molar-refractivity contribution >= 4 is 34.4 Å². The molecular formula is C18H16N4O5. The first kappa shape index (κ1) is 17.0. The van der Waals surface area contributed by atoms with Gasteiger partial charge in [0.15, 0.2) is 5.58 Å². The molecule has 1 aliphatic heterocycles. The van der Waals surface area contributed by atoms with Crippen molar-refractivity contribution in [3.05, 3.63) is 58.1 Å². The molecule has 0 radical (unpaired) electrons. The number of non-ortho nitro benzene ring substituents is 1. The van der Waals surface area contributed by atoms with E-state index in [1.165, 1.54) is 24.3 Å². The summed E-state index contributed by atoms with van der Waals surface area (Å²) < 4.78 is 11.1. The van der Waals surface area contributed by atoms with Crippen LogP contribution in [-0.2, 0) is 4.74 Å². The molecular weight excluding hydrogens is 352 g/mol. The summed E-state index contributed by atoms with van der Waals surface area (Å²) in [6.07, 6.45) is 0. The molecule has 1 N–H and O–H groups in total. The van der Waals surface area contributed by atoms with Crippen LogP contribution in [0.4, 0.5) is 17.4 Å². The SMILES string of the molecule is O=C(Nc1ccc2nc(N3CCOCC3)oc2c1)c1cccc([N+](=O)[O-])c1. The number of nitro benzene ring substituents is 1. The third kappa shape index (κ3) is 3.58. The summed E-state index contributed by atoms with van der Waals surface area (Å²) in [5.41, 5.74) is 1.82. The van der Waals surface area contributed by atoms with Crippen LogP contribution in [0, 0.1) is 10.1 Å². The van der Waals surface area contributed by atoms with Gasteiger partial charge in [0.2, 0.25) is 0 Å². The van der Waals surface area contributed by atoms with Gasteiger partial charge in [0, 0.05) is 42.5 Å². The van der Waals surface area contributed by atoms with Crippen molar-refractivity contribution in [2.45, 2.75) is 0 Å². The summed E-state index contributed by atoms with van der Waals surface area (Å²) >= 11 is 0. The monoisotopic (exact) mass is 368 g/mol. The molecule has 9 nitrogen and oxygen atoms in total. The van der Waals surface area contributed by atoms with Gasteiger partial charge in [-0.25, -0.2) is 0 Å². The van der Waals surface area contributed by atoms with Gasteiger partial charge >= 0.3 is 0 Å². The van der Waals surface area contributed by atoms with Crippen molar-refractivity contribution in [1.82, 2.24) is 4.98 Å². The maximum Gasteiger partial charge on any atom is 0.298 e. The Morgan fingerprint density at radius 1 is 1.19 bits per heavy atom. The molecule has 1 amide bonds. The van der Waals surface area contributed by atoms with E-state index < -0.39 is 10.8 Å². The minimum atomic E-state index is -0.537. The average Bonchev–Trinajstić information content (AvgIpc) is 3.12. The average molecular weight is 368 g/mol. The number of hydrogen-bond acceptors (Lipinski definition) is 7. The zero-order valence-electron chi connectivity index (χ0n) is 14.3. The standard InChI is InChI=1S/C18H16N4O5/c23-17(12-2-1-3-14(10-12)22(24)25)19-13-4-5-15-16(11-13)27-18(20-15)21-6-8-26-9-7-21/h1-5,10-11H,6-9H2,(H,19,23). The third-order valence-electron chi connectivity index (χ3n) is 4.24. The maximum atomic E-state index is 12.4. The predicted octanol–water partition coefficient (Wildman–Crippen LogP) is 2.82. The van der Waals surface area contributed by atoms with Gasteiger partial charge in [0.05, 0.1) is 18.1 Å². The molecule has 0 aliphatic carbocycles. The van der Waals surface area contributed by atoms with Gasteiger partial charge in [-0.3, -0.25) is 14.9 Å². The molecule has 4 rings (SSSR count). The number of oxazole rings is 1. The molecule has 138 valence electrons. The van der Waals surface area contributed by atoms with E-state index in [1.54, 1.807) is 18.2 Å². The van der Waals surface area contributed by atoms with Crippen LogP contribution in [0.15, 0.2) is 46.9 Å². The van der Waals surface area contributed by atoms with E-state index in [1.807, 2.05) is 4.90 Å². The normalized spacial score (nSPS) is 14.3. The molecule has 1 saturated heterocycles. The number of carbonyl (C=O) groups is 1. The zero-order chi connectivity index (χ0) is 18.8. The Balaban J connectivity index is 1.54. The van der Waals surface area contributed by atoms with Gasteiger partial charge in [-0.15, -0.1) is 0 Å². The molecule has 1 fully saturated rings. The molecule has 0 saturated carbocycles. The molecule has 0 atom stereocenters. The summed E-state index contributed by atoms with van der Waals surface area (Å²) in [6, 6.07) is 11.2. The van der Waals surface area contributed by atoms with Crippen LogP contribution >= 0.6 is 0 Å². The minimum absolute atomic E-state index is 0.136. The van der Waals surface area contributed by atoms with Gasteiger partial charge in [-0.1, -0.05) is 6.07 Å². The Morgan fingerprint density at radius 3 is 2.78 bits per heavy atom. The number of rotatable bonds is 4. The first-order chi connectivity index (χ1) is 13.1. The summed E-state index contributed by atoms with van der Waals surface area (Å²) in [5.74, 6) is -0.439. The van der Waals surface area contributed by atoms with E-state index in [4.69, 9.17) is 9.15 Å². The van der Waals surface area contributed by atoms with Crippen molar-refractivity contribution in [2.75, 3.05) is 36.5 Å². The summed E-state index contributed by atoms with van der Waals surface area (Å²) in [6.45, 7) is 2.68. The van der Waals surface area contributed by atoms with Crippen molar-refractivity contribution in [2.24, 2.45) is 0 Å². The number of nitro groups is 1. The fraction of sp³-hybridized carbons (Fsp3) is 0.222. The van der Waals surface area contributed by atoms with E-state index in [0.717, 1.165) is 0 Å². The number of carbonyl (C=O) groups excluding carboxylic acids is 1. The summed E-state index contributed by atoms with van der Waals surface area (Å²) in [5, 5.41) is 13.6. The lowest BCUT2D eigenvalue weighted by atomic mass is 10.2. The topological polar surface area (TPSA) is 111 Å². The Morgan fingerprint density at radius 2 is 2.00 bits per heavy atom. The lowest BCUT2D eigenvalue weighted by Gasteiger charge is -2.24. The minimum Gasteiger partial charge on any atom is -0.423 e. The Hall–Kier alpha value is -3.46. The highest BCUT2D eigenvalue weighted by Gasteiger charge is 2.18. The van der Waals surface area contributed by atoms with Crippen LogP contribution in [0.2, 0.25) is 0 Å². The first-order valence-corrected chi connectivity index (χ1v) is 8.39. The number of nitrogens with one attached hydrogen (secondary N) is 1. The Labute approximate surface area is 153 Å². The highest BCUT2D eigenvalue weighted by Crippen LogP contribution is 2.25. The Kier molecular flexibility index (Phi) is 4.43. The van der Waals surface area contributed by atoms with E-state index in [-0.39, 0.29) is 11.3 Å². The first-order valence-electron chi connectivity index (χ1n) is 8.39. The van der Waals surface area contributed by atoms with Crippen molar-refractivity contribution < 1.29 is 18.9 Å². The fourth-order valence-electron chi connectivity index (χ4n) is 2.84. The van der Waals surface area contributed by atoms with Gasteiger partial charge in [0.25, 0.3) is 17.6 Å². The van der Waals surface area contributed by atoms with Gasteiger partial charge in [-0.2, -0.15) is 4.98 Å². The highest BCUT2D eigenvalue weighted by atomic mass is 16.6. The molecule has 2 aromatic carbocycles. The van der Waals surface area contributed by atoms with Crippen LogP contribution in [0.3, 0.4) is 0 Å². The molecule has 2 heterocycles. The third-order valence-corrected chi connectivity index (χ3v) is 4.24. The quantitative estimate of drug-likeness (QED) is 0.557. The largest absolute Gasteiger partial charge is 0.423 e. The lowest BCUT2D eigenvalue weighted by molar-refractivity contribution is -0.384. The van der Waals surface area contributed by atoms with Crippen molar-refractivity contribution in [1.29, 1.82) is 0 Å². The number of nitrogens with zero attached hydrogens (tertiary/aromatic N) is 3. The highest BCUT2D eigenvalue weighted by molar-refractivity contribution is 6.05. The van der Waals surface area contributed by atoms with E-state index in [0.29, 0.717) is 49.1 Å². The van der Waals surface area contributed by atoms with Crippen molar-refractivity contribution in [3.8, 4) is 0 Å². The second-order valence-corrected chi connectivity index (χ2v) is 6.04. The predicted molar refractivity (Wildman–Crippen MR) is 98.1 cm³/mol. The number of anilines is 2. The molecule has 0 spiro atoms. The Bertz CT molecular complexity index is 1010. The number of aromatic nitrogens is 1. The summed E-state index contributed by atoms with van der Waals surface area (Å²) in [4.78, 5) is 29.2. The van der Waals surface area contributed by atoms with Crippen LogP contribution < -0.4 is 10.2 Å². The van der Waals surface area contributed by atoms with Crippen LogP contribution in [0.25, 0.3) is 11.1 Å². The molecule has 9 heteroatoms. The molecule has 0 unspecified atom stereocenters. The van der Waals surface area contributed by atoms with Crippen LogP contribution in [0.5, 0.6) is 0 Å². The molecule has 1 aliphatic rings. The van der Waals surface area contributed by atoms with E-state index in [9.17, 15) is 14.9 Å². The number of benzene rings is 2. The molecule has 27 heavy (non-hydrogen) atoms. The van der Waals surface area contributed by atoms with Crippen molar-refractivity contribution in [3.63, 3.8) is 0 Å². The maximum absolute atomic E-state index is 12.4. The lowest BCUT2D eigenvalue weighted by Crippen LogP contribution is -2.36. The second kappa shape index (κ2) is 7.04. The smallest absolute Gasteiger partial charge is 0.298 e. The number of fused-ring (bicyclic) bond motifs is 1. The fourth-order valence-corrected chi connectivity index (χ4v) is 2.84. The van der Waals surface area contributed by atoms with Gasteiger partial charge in [-0.05, 0) is 18.2 Å². The molecule has 0 bridgehead atoms. The number of amides is 1. The molecule has 3 aromatic rings.